The lowest BCUT2D eigenvalue weighted by Gasteiger charge is -2.19. The molecule has 0 aliphatic rings. The van der Waals surface area contributed by atoms with Crippen molar-refractivity contribution in [2.45, 2.75) is 18.6 Å². The molecule has 0 bridgehead atoms. The summed E-state index contributed by atoms with van der Waals surface area (Å²) in [6.45, 7) is -0.332. The predicted octanol–water partition coefficient (Wildman–Crippen LogP) is 0.380. The van der Waals surface area contributed by atoms with Gasteiger partial charge in [0, 0.05) is 12.7 Å². The van der Waals surface area contributed by atoms with Gasteiger partial charge in [0.15, 0.2) is 0 Å². The SMILES string of the molecule is COc1cccc([N+](=O)[O-])c1C(O)C(O)CCO. The van der Waals surface area contributed by atoms with Gasteiger partial charge in [-0.05, 0) is 12.5 Å². The Bertz CT molecular complexity index is 422. The number of methoxy groups -OCH3 is 1. The van der Waals surface area contributed by atoms with Crippen LogP contribution in [0.25, 0.3) is 0 Å². The monoisotopic (exact) mass is 257 g/mol. The smallest absolute Gasteiger partial charge is 0.279 e. The molecule has 2 atom stereocenters. The number of aliphatic hydroxyl groups is 3. The Kier molecular flexibility index (Phi) is 5.02. The van der Waals surface area contributed by atoms with Gasteiger partial charge in [0.1, 0.15) is 17.4 Å². The van der Waals surface area contributed by atoms with Crippen molar-refractivity contribution in [1.29, 1.82) is 0 Å². The quantitative estimate of drug-likeness (QED) is 0.501. The molecule has 2 unspecified atom stereocenters. The number of hydrogen-bond donors (Lipinski definition) is 3. The van der Waals surface area contributed by atoms with Gasteiger partial charge in [0.25, 0.3) is 5.69 Å². The third kappa shape index (κ3) is 2.95. The number of benzene rings is 1. The molecule has 7 heteroatoms. The summed E-state index contributed by atoms with van der Waals surface area (Å²) in [5, 5.41) is 39.1. The van der Waals surface area contributed by atoms with Crippen LogP contribution >= 0.6 is 0 Å². The summed E-state index contributed by atoms with van der Waals surface area (Å²) in [7, 11) is 1.31. The molecule has 0 fully saturated rings. The zero-order chi connectivity index (χ0) is 13.7. The fourth-order valence-corrected chi connectivity index (χ4v) is 1.65. The van der Waals surface area contributed by atoms with Crippen LogP contribution in [0, 0.1) is 10.1 Å². The van der Waals surface area contributed by atoms with E-state index in [1.54, 1.807) is 0 Å². The molecule has 0 spiro atoms. The Morgan fingerprint density at radius 1 is 1.44 bits per heavy atom. The second kappa shape index (κ2) is 6.29. The molecule has 0 aromatic heterocycles. The highest BCUT2D eigenvalue weighted by molar-refractivity contribution is 5.51. The molecular weight excluding hydrogens is 242 g/mol. The number of nitro benzene ring substituents is 1. The van der Waals surface area contributed by atoms with Gasteiger partial charge in [-0.25, -0.2) is 0 Å². The molecule has 0 amide bonds. The summed E-state index contributed by atoms with van der Waals surface area (Å²) >= 11 is 0. The second-order valence-electron chi connectivity index (χ2n) is 3.67. The molecule has 7 nitrogen and oxygen atoms in total. The van der Waals surface area contributed by atoms with E-state index >= 15 is 0 Å². The highest BCUT2D eigenvalue weighted by atomic mass is 16.6. The van der Waals surface area contributed by atoms with E-state index in [-0.39, 0.29) is 30.0 Å². The summed E-state index contributed by atoms with van der Waals surface area (Å²) < 4.78 is 4.95. The van der Waals surface area contributed by atoms with E-state index in [1.807, 2.05) is 0 Å². The fourth-order valence-electron chi connectivity index (χ4n) is 1.65. The van der Waals surface area contributed by atoms with Crippen LogP contribution < -0.4 is 4.74 Å². The van der Waals surface area contributed by atoms with E-state index in [1.165, 1.54) is 25.3 Å². The Balaban J connectivity index is 3.22. The first-order valence-electron chi connectivity index (χ1n) is 5.31. The van der Waals surface area contributed by atoms with Crippen molar-refractivity contribution in [2.24, 2.45) is 0 Å². The van der Waals surface area contributed by atoms with Crippen molar-refractivity contribution in [3.8, 4) is 5.75 Å². The van der Waals surface area contributed by atoms with Crippen LogP contribution in [0.1, 0.15) is 18.1 Å². The molecule has 3 N–H and O–H groups in total. The van der Waals surface area contributed by atoms with Gasteiger partial charge < -0.3 is 20.1 Å². The number of rotatable bonds is 6. The number of ether oxygens (including phenoxy) is 1. The average Bonchev–Trinajstić information content (AvgIpc) is 2.37. The van der Waals surface area contributed by atoms with Crippen LogP contribution in [-0.4, -0.2) is 40.1 Å². The van der Waals surface area contributed by atoms with Crippen molar-refractivity contribution in [3.05, 3.63) is 33.9 Å². The molecule has 0 saturated heterocycles. The van der Waals surface area contributed by atoms with E-state index in [4.69, 9.17) is 9.84 Å². The predicted molar refractivity (Wildman–Crippen MR) is 62.3 cm³/mol. The highest BCUT2D eigenvalue weighted by Crippen LogP contribution is 2.35. The molecule has 1 rings (SSSR count). The first-order chi connectivity index (χ1) is 8.52. The van der Waals surface area contributed by atoms with Crippen molar-refractivity contribution >= 4 is 5.69 Å². The van der Waals surface area contributed by atoms with Gasteiger partial charge in [-0.2, -0.15) is 0 Å². The Hall–Kier alpha value is -1.70. The Morgan fingerprint density at radius 2 is 2.11 bits per heavy atom. The largest absolute Gasteiger partial charge is 0.496 e. The molecule has 0 radical (unpaired) electrons. The van der Waals surface area contributed by atoms with Gasteiger partial charge in [-0.1, -0.05) is 6.07 Å². The molecular formula is C11H15NO6. The molecule has 18 heavy (non-hydrogen) atoms. The highest BCUT2D eigenvalue weighted by Gasteiger charge is 2.29. The second-order valence-corrected chi connectivity index (χ2v) is 3.67. The van der Waals surface area contributed by atoms with Crippen LogP contribution in [0.15, 0.2) is 18.2 Å². The van der Waals surface area contributed by atoms with Gasteiger partial charge >= 0.3 is 0 Å². The zero-order valence-corrected chi connectivity index (χ0v) is 9.81. The van der Waals surface area contributed by atoms with Gasteiger partial charge in [0.05, 0.1) is 18.1 Å². The minimum absolute atomic E-state index is 0.0869. The summed E-state index contributed by atoms with van der Waals surface area (Å²) in [5.41, 5.74) is -0.426. The van der Waals surface area contributed by atoms with Gasteiger partial charge in [0.2, 0.25) is 0 Å². The minimum atomic E-state index is -1.49. The lowest BCUT2D eigenvalue weighted by molar-refractivity contribution is -0.386. The summed E-state index contributed by atoms with van der Waals surface area (Å²) in [4.78, 5) is 10.2. The number of hydrogen-bond acceptors (Lipinski definition) is 6. The molecule has 0 aliphatic carbocycles. The number of nitro groups is 1. The van der Waals surface area contributed by atoms with E-state index in [0.717, 1.165) is 0 Å². The van der Waals surface area contributed by atoms with E-state index in [9.17, 15) is 20.3 Å². The topological polar surface area (TPSA) is 113 Å². The molecule has 100 valence electrons. The van der Waals surface area contributed by atoms with Crippen molar-refractivity contribution in [2.75, 3.05) is 13.7 Å². The van der Waals surface area contributed by atoms with Crippen LogP contribution in [0.3, 0.4) is 0 Å². The van der Waals surface area contributed by atoms with E-state index < -0.39 is 17.1 Å². The molecule has 1 aromatic carbocycles. The summed E-state index contributed by atoms with van der Waals surface area (Å²) in [6, 6.07) is 4.09. The lowest BCUT2D eigenvalue weighted by Crippen LogP contribution is -2.21. The van der Waals surface area contributed by atoms with E-state index in [0.29, 0.717) is 0 Å². The molecule has 0 aliphatic heterocycles. The normalized spacial score (nSPS) is 14.0. The van der Waals surface area contributed by atoms with Gasteiger partial charge in [-0.3, -0.25) is 10.1 Å². The standard InChI is InChI=1S/C11H15NO6/c1-18-9-4-2-3-7(12(16)17)10(9)11(15)8(14)5-6-13/h2-4,8,11,13-15H,5-6H2,1H3. The first kappa shape index (κ1) is 14.4. The maximum Gasteiger partial charge on any atom is 0.279 e. The first-order valence-corrected chi connectivity index (χ1v) is 5.31. The van der Waals surface area contributed by atoms with Crippen LogP contribution in [0.4, 0.5) is 5.69 Å². The van der Waals surface area contributed by atoms with Crippen molar-refractivity contribution < 1.29 is 25.0 Å². The fraction of sp³-hybridized carbons (Fsp3) is 0.455. The lowest BCUT2D eigenvalue weighted by atomic mass is 9.99. The third-order valence-corrected chi connectivity index (χ3v) is 2.54. The Labute approximate surface area is 103 Å². The van der Waals surface area contributed by atoms with E-state index in [2.05, 4.69) is 0 Å². The number of nitrogens with zero attached hydrogens (tertiary/aromatic N) is 1. The third-order valence-electron chi connectivity index (χ3n) is 2.54. The summed E-state index contributed by atoms with van der Waals surface area (Å²) in [6.07, 6.45) is -2.88. The van der Waals surface area contributed by atoms with Crippen LogP contribution in [0.2, 0.25) is 0 Å². The van der Waals surface area contributed by atoms with Crippen molar-refractivity contribution in [1.82, 2.24) is 0 Å². The minimum Gasteiger partial charge on any atom is -0.496 e. The number of aliphatic hydroxyl groups excluding tert-OH is 3. The molecule has 0 heterocycles. The maximum atomic E-state index is 10.9. The summed E-state index contributed by atoms with van der Waals surface area (Å²) in [5.74, 6) is 0.119. The van der Waals surface area contributed by atoms with Gasteiger partial charge in [-0.15, -0.1) is 0 Å². The van der Waals surface area contributed by atoms with Crippen LogP contribution in [-0.2, 0) is 0 Å². The molecule has 0 saturated carbocycles. The van der Waals surface area contributed by atoms with Crippen LogP contribution in [0.5, 0.6) is 5.75 Å². The average molecular weight is 257 g/mol. The maximum absolute atomic E-state index is 10.9. The molecule has 1 aromatic rings. The Morgan fingerprint density at radius 3 is 2.61 bits per heavy atom. The zero-order valence-electron chi connectivity index (χ0n) is 9.81. The van der Waals surface area contributed by atoms with Crippen molar-refractivity contribution in [3.63, 3.8) is 0 Å².